The molecule has 2 aromatic heterocycles. The molecule has 3 rings (SSSR count). The maximum atomic E-state index is 12.6. The number of nitrogens with zero attached hydrogens (tertiary/aromatic N) is 4. The lowest BCUT2D eigenvalue weighted by Gasteiger charge is -2.17. The molecule has 0 aliphatic rings. The van der Waals surface area contributed by atoms with E-state index in [0.717, 1.165) is 29.8 Å². The number of pyridine rings is 1. The van der Waals surface area contributed by atoms with E-state index >= 15 is 0 Å². The van der Waals surface area contributed by atoms with Crippen molar-refractivity contribution in [3.05, 3.63) is 76.9 Å². The Morgan fingerprint density at radius 2 is 1.64 bits per heavy atom. The van der Waals surface area contributed by atoms with Gasteiger partial charge in [-0.25, -0.2) is 9.97 Å². The highest BCUT2D eigenvalue weighted by molar-refractivity contribution is 6.04. The Morgan fingerprint density at radius 3 is 2.25 bits per heavy atom. The van der Waals surface area contributed by atoms with Crippen LogP contribution in [-0.2, 0) is 6.42 Å². The van der Waals surface area contributed by atoms with Gasteiger partial charge in [0.2, 0.25) is 5.95 Å². The molecule has 0 aliphatic carbocycles. The Morgan fingerprint density at radius 1 is 1.04 bits per heavy atom. The summed E-state index contributed by atoms with van der Waals surface area (Å²) in [5.41, 5.74) is 5.75. The van der Waals surface area contributed by atoms with Crippen LogP contribution >= 0.6 is 0 Å². The van der Waals surface area contributed by atoms with E-state index < -0.39 is 0 Å². The Balaban J connectivity index is 1.64. The second-order valence-corrected chi connectivity index (χ2v) is 7.03. The van der Waals surface area contributed by atoms with Crippen LogP contribution in [0.5, 0.6) is 0 Å². The van der Waals surface area contributed by atoms with Gasteiger partial charge in [0, 0.05) is 44.1 Å². The van der Waals surface area contributed by atoms with Gasteiger partial charge in [-0.3, -0.25) is 9.78 Å². The number of anilines is 2. The molecule has 2 heterocycles. The van der Waals surface area contributed by atoms with E-state index in [1.807, 2.05) is 44.9 Å². The van der Waals surface area contributed by atoms with Crippen molar-refractivity contribution in [3.8, 4) is 0 Å². The van der Waals surface area contributed by atoms with Crippen LogP contribution in [0.1, 0.15) is 32.6 Å². The molecule has 1 amide bonds. The smallest absolute Gasteiger partial charge is 0.258 e. The van der Waals surface area contributed by atoms with Gasteiger partial charge >= 0.3 is 0 Å². The molecule has 1 N–H and O–H groups in total. The maximum absolute atomic E-state index is 12.6. The number of hydrogen-bond acceptors (Lipinski definition) is 5. The van der Waals surface area contributed by atoms with Gasteiger partial charge in [0.1, 0.15) is 0 Å². The molecule has 144 valence electrons. The first-order chi connectivity index (χ1) is 13.4. The Labute approximate surface area is 165 Å². The van der Waals surface area contributed by atoms with Gasteiger partial charge in [0.15, 0.2) is 0 Å². The van der Waals surface area contributed by atoms with Crippen LogP contribution in [0.15, 0.2) is 49.1 Å². The zero-order chi connectivity index (χ0) is 20.1. The minimum Gasteiger partial charge on any atom is -0.344 e. The predicted octanol–water partition coefficient (Wildman–Crippen LogP) is 3.73. The minimum absolute atomic E-state index is 0.207. The molecule has 28 heavy (non-hydrogen) atoms. The summed E-state index contributed by atoms with van der Waals surface area (Å²) < 4.78 is 0. The molecular formula is C22H25N5O. The molecule has 3 aromatic rings. The van der Waals surface area contributed by atoms with Gasteiger partial charge in [-0.05, 0) is 56.0 Å². The van der Waals surface area contributed by atoms with Crippen LogP contribution in [0.2, 0.25) is 0 Å². The lowest BCUT2D eigenvalue weighted by Crippen LogP contribution is -2.23. The molecule has 0 saturated carbocycles. The summed E-state index contributed by atoms with van der Waals surface area (Å²) in [5, 5.41) is 2.98. The van der Waals surface area contributed by atoms with Gasteiger partial charge in [-0.2, -0.15) is 0 Å². The SMILES string of the molecule is Cc1cc(C)c(NC(=O)c2cnc(N(C)CCc3ccncc3)nc2)c(C)c1. The highest BCUT2D eigenvalue weighted by Gasteiger charge is 2.12. The quantitative estimate of drug-likeness (QED) is 0.711. The number of amides is 1. The van der Waals surface area contributed by atoms with Gasteiger partial charge in [-0.15, -0.1) is 0 Å². The van der Waals surface area contributed by atoms with E-state index in [4.69, 9.17) is 0 Å². The first-order valence-corrected chi connectivity index (χ1v) is 9.25. The van der Waals surface area contributed by atoms with E-state index in [1.165, 1.54) is 11.1 Å². The summed E-state index contributed by atoms with van der Waals surface area (Å²) >= 11 is 0. The van der Waals surface area contributed by atoms with Gasteiger partial charge in [0.05, 0.1) is 5.56 Å². The fraction of sp³-hybridized carbons (Fsp3) is 0.273. The van der Waals surface area contributed by atoms with Crippen LogP contribution in [-0.4, -0.2) is 34.5 Å². The normalized spacial score (nSPS) is 10.6. The van der Waals surface area contributed by atoms with Crippen LogP contribution in [0, 0.1) is 20.8 Å². The Hall–Kier alpha value is -3.28. The predicted molar refractivity (Wildman–Crippen MR) is 112 cm³/mol. The number of nitrogens with one attached hydrogen (secondary N) is 1. The maximum Gasteiger partial charge on any atom is 0.258 e. The lowest BCUT2D eigenvalue weighted by atomic mass is 10.0. The fourth-order valence-electron chi connectivity index (χ4n) is 3.14. The molecule has 0 bridgehead atoms. The van der Waals surface area contributed by atoms with Gasteiger partial charge < -0.3 is 10.2 Å². The van der Waals surface area contributed by atoms with Crippen molar-refractivity contribution in [2.24, 2.45) is 0 Å². The summed E-state index contributed by atoms with van der Waals surface area (Å²) in [7, 11) is 1.94. The molecule has 0 unspecified atom stereocenters. The fourth-order valence-corrected chi connectivity index (χ4v) is 3.14. The van der Waals surface area contributed by atoms with Crippen LogP contribution in [0.25, 0.3) is 0 Å². The molecule has 0 aliphatic heterocycles. The van der Waals surface area contributed by atoms with Crippen molar-refractivity contribution in [1.29, 1.82) is 0 Å². The van der Waals surface area contributed by atoms with Crippen molar-refractivity contribution >= 4 is 17.5 Å². The third-order valence-corrected chi connectivity index (χ3v) is 4.64. The average molecular weight is 375 g/mol. The van der Waals surface area contributed by atoms with E-state index in [-0.39, 0.29) is 5.91 Å². The summed E-state index contributed by atoms with van der Waals surface area (Å²) in [5.74, 6) is 0.384. The Bertz CT molecular complexity index is 931. The van der Waals surface area contributed by atoms with Crippen LogP contribution < -0.4 is 10.2 Å². The summed E-state index contributed by atoms with van der Waals surface area (Å²) in [6.07, 6.45) is 7.59. The highest BCUT2D eigenvalue weighted by atomic mass is 16.1. The van der Waals surface area contributed by atoms with Gasteiger partial charge in [-0.1, -0.05) is 17.7 Å². The van der Waals surface area contributed by atoms with E-state index in [1.54, 1.807) is 24.8 Å². The third-order valence-electron chi connectivity index (χ3n) is 4.64. The number of carbonyl (C=O) groups is 1. The van der Waals surface area contributed by atoms with Gasteiger partial charge in [0.25, 0.3) is 5.91 Å². The first kappa shape index (κ1) is 19.5. The zero-order valence-corrected chi connectivity index (χ0v) is 16.7. The van der Waals surface area contributed by atoms with Crippen molar-refractivity contribution in [1.82, 2.24) is 15.0 Å². The molecule has 6 heteroatoms. The van der Waals surface area contributed by atoms with E-state index in [2.05, 4.69) is 32.4 Å². The minimum atomic E-state index is -0.207. The van der Waals surface area contributed by atoms with E-state index in [9.17, 15) is 4.79 Å². The van der Waals surface area contributed by atoms with E-state index in [0.29, 0.717) is 11.5 Å². The number of carbonyl (C=O) groups excluding carboxylic acids is 1. The molecule has 0 radical (unpaired) electrons. The van der Waals surface area contributed by atoms with Crippen molar-refractivity contribution < 1.29 is 4.79 Å². The summed E-state index contributed by atoms with van der Waals surface area (Å²) in [4.78, 5) is 27.3. The second kappa shape index (κ2) is 8.61. The molecule has 6 nitrogen and oxygen atoms in total. The molecule has 0 saturated heterocycles. The number of hydrogen-bond donors (Lipinski definition) is 1. The standard InChI is InChI=1S/C22H25N5O/c1-15-11-16(2)20(17(3)12-15)26-21(28)19-13-24-22(25-14-19)27(4)10-7-18-5-8-23-9-6-18/h5-6,8-9,11-14H,7,10H2,1-4H3,(H,26,28). The van der Waals surface area contributed by atoms with Crippen molar-refractivity contribution in [3.63, 3.8) is 0 Å². The number of likely N-dealkylation sites (N-methyl/N-ethyl adjacent to an activating group) is 1. The average Bonchev–Trinajstić information content (AvgIpc) is 2.69. The molecular weight excluding hydrogens is 350 g/mol. The second-order valence-electron chi connectivity index (χ2n) is 7.03. The topological polar surface area (TPSA) is 71.0 Å². The number of aryl methyl sites for hydroxylation is 3. The van der Waals surface area contributed by atoms with Crippen molar-refractivity contribution in [2.45, 2.75) is 27.2 Å². The number of rotatable bonds is 6. The van der Waals surface area contributed by atoms with Crippen LogP contribution in [0.3, 0.4) is 0 Å². The molecule has 1 aromatic carbocycles. The molecule has 0 fully saturated rings. The first-order valence-electron chi connectivity index (χ1n) is 9.25. The number of benzene rings is 1. The lowest BCUT2D eigenvalue weighted by molar-refractivity contribution is 0.102. The van der Waals surface area contributed by atoms with Crippen molar-refractivity contribution in [2.75, 3.05) is 23.8 Å². The molecule has 0 spiro atoms. The third kappa shape index (κ3) is 4.71. The Kier molecular flexibility index (Phi) is 5.99. The number of aromatic nitrogens is 3. The monoisotopic (exact) mass is 375 g/mol. The summed E-state index contributed by atoms with van der Waals surface area (Å²) in [6.45, 7) is 6.81. The zero-order valence-electron chi connectivity index (χ0n) is 16.7. The molecule has 0 atom stereocenters. The largest absolute Gasteiger partial charge is 0.344 e. The highest BCUT2D eigenvalue weighted by Crippen LogP contribution is 2.22. The summed E-state index contributed by atoms with van der Waals surface area (Å²) in [6, 6.07) is 8.11. The van der Waals surface area contributed by atoms with Crippen LogP contribution in [0.4, 0.5) is 11.6 Å².